The SMILES string of the molecule is [C-]#[N+]c1[nH]n(-c2cccc(NS(=O)(=O)c3cc(C(C)(C)CC(C)(C)C)ccc3OCCCCCCCC)c2)c(=O)c1C=C=Cc1cc2ccc(N(CC)CC)cc2oc1=O. The number of hydrogen-bond acceptors (Lipinski definition) is 7. The topological polar surface area (TPSA) is 131 Å². The molecule has 12 heteroatoms. The van der Waals surface area contributed by atoms with Crippen LogP contribution in [0.15, 0.2) is 91.4 Å². The van der Waals surface area contributed by atoms with Crippen molar-refractivity contribution in [2.24, 2.45) is 5.41 Å². The molecular weight excluding hydrogens is 775 g/mol. The molecular formula is C48H59N5O6S. The van der Waals surface area contributed by atoms with E-state index in [2.05, 4.69) is 80.7 Å². The molecule has 0 unspecified atom stereocenters. The zero-order valence-electron chi connectivity index (χ0n) is 36.3. The highest BCUT2D eigenvalue weighted by molar-refractivity contribution is 7.92. The first-order chi connectivity index (χ1) is 28.5. The largest absolute Gasteiger partial charge is 0.492 e. The summed E-state index contributed by atoms with van der Waals surface area (Å²) in [6, 6.07) is 19.2. The smallest absolute Gasteiger partial charge is 0.344 e. The summed E-state index contributed by atoms with van der Waals surface area (Å²) in [5.41, 5.74) is 4.49. The molecule has 0 fully saturated rings. The van der Waals surface area contributed by atoms with Crippen molar-refractivity contribution in [2.45, 2.75) is 111 Å². The Bertz CT molecular complexity index is 2630. The fourth-order valence-corrected chi connectivity index (χ4v) is 8.94. The first kappa shape index (κ1) is 45.3. The summed E-state index contributed by atoms with van der Waals surface area (Å²) in [4.78, 5) is 32.3. The Hall–Kier alpha value is -5.76. The number of hydrogen-bond donors (Lipinski definition) is 2. The van der Waals surface area contributed by atoms with Crippen LogP contribution >= 0.6 is 0 Å². The van der Waals surface area contributed by atoms with Crippen LogP contribution in [0.5, 0.6) is 5.75 Å². The molecule has 0 aliphatic carbocycles. The monoisotopic (exact) mass is 833 g/mol. The minimum atomic E-state index is -4.18. The van der Waals surface area contributed by atoms with Crippen molar-refractivity contribution in [3.8, 4) is 11.4 Å². The Kier molecular flexibility index (Phi) is 14.8. The van der Waals surface area contributed by atoms with Crippen molar-refractivity contribution in [1.29, 1.82) is 0 Å². The van der Waals surface area contributed by atoms with E-state index < -0.39 is 21.2 Å². The lowest BCUT2D eigenvalue weighted by atomic mass is 9.72. The highest BCUT2D eigenvalue weighted by Gasteiger charge is 2.30. The Morgan fingerprint density at radius 3 is 2.35 bits per heavy atom. The molecule has 11 nitrogen and oxygen atoms in total. The van der Waals surface area contributed by atoms with E-state index in [0.717, 1.165) is 55.4 Å². The summed E-state index contributed by atoms with van der Waals surface area (Å²) < 4.78 is 44.2. The van der Waals surface area contributed by atoms with Gasteiger partial charge in [-0.15, -0.1) is 5.73 Å². The van der Waals surface area contributed by atoms with Crippen LogP contribution in [0.4, 0.5) is 17.2 Å². The van der Waals surface area contributed by atoms with Gasteiger partial charge in [0.25, 0.3) is 21.4 Å². The fraction of sp³-hybridized carbons (Fsp3) is 0.417. The van der Waals surface area contributed by atoms with Crippen LogP contribution in [0.25, 0.3) is 33.7 Å². The Morgan fingerprint density at radius 1 is 0.917 bits per heavy atom. The number of benzene rings is 3. The summed E-state index contributed by atoms with van der Waals surface area (Å²) in [7, 11) is -4.18. The second kappa shape index (κ2) is 19.5. The standard InChI is InChI=1S/C48H59N5O6S/c1-10-13-14-15-16-17-28-58-41-27-25-36(48(7,8)33-47(4,5)6)30-43(41)60(56,57)51-37-21-19-22-39(31-37)53-45(54)40(44(49-9)50-53)23-18-20-35-29-34-24-26-38(52(11-2)12-3)32-42(34)59-46(35)55/h19-27,29-32,50-51H,10-17,28,33H2,1-8H3. The minimum absolute atomic E-state index is 0.00724. The van der Waals surface area contributed by atoms with Gasteiger partial charge in [-0.25, -0.2) is 18.3 Å². The van der Waals surface area contributed by atoms with E-state index in [4.69, 9.17) is 15.7 Å². The molecule has 318 valence electrons. The molecule has 5 aromatic rings. The number of nitrogens with zero attached hydrogens (tertiary/aromatic N) is 3. The van der Waals surface area contributed by atoms with Gasteiger partial charge in [-0.3, -0.25) is 9.52 Å². The van der Waals surface area contributed by atoms with Gasteiger partial charge >= 0.3 is 5.63 Å². The van der Waals surface area contributed by atoms with Crippen molar-refractivity contribution in [2.75, 3.05) is 29.3 Å². The van der Waals surface area contributed by atoms with E-state index in [1.165, 1.54) is 42.2 Å². The van der Waals surface area contributed by atoms with Crippen LogP contribution in [-0.4, -0.2) is 37.9 Å². The summed E-state index contributed by atoms with van der Waals surface area (Å²) in [6.07, 6.45) is 10.0. The predicted molar refractivity (Wildman–Crippen MR) is 244 cm³/mol. The van der Waals surface area contributed by atoms with E-state index in [1.54, 1.807) is 36.4 Å². The first-order valence-electron chi connectivity index (χ1n) is 20.9. The van der Waals surface area contributed by atoms with Crippen molar-refractivity contribution >= 4 is 50.3 Å². The molecule has 0 aliphatic rings. The maximum atomic E-state index is 14.3. The Labute approximate surface area is 354 Å². The van der Waals surface area contributed by atoms with E-state index in [1.807, 2.05) is 24.3 Å². The number of fused-ring (bicyclic) bond motifs is 1. The molecule has 0 saturated heterocycles. The lowest BCUT2D eigenvalue weighted by Gasteiger charge is -2.33. The average Bonchev–Trinajstić information content (AvgIpc) is 3.51. The van der Waals surface area contributed by atoms with Crippen molar-refractivity contribution in [1.82, 2.24) is 9.78 Å². The van der Waals surface area contributed by atoms with Crippen molar-refractivity contribution < 1.29 is 17.6 Å². The number of nitrogens with one attached hydrogen (secondary N) is 2. The number of unbranched alkanes of at least 4 members (excludes halogenated alkanes) is 5. The van der Waals surface area contributed by atoms with Gasteiger partial charge < -0.3 is 18.9 Å². The molecule has 2 heterocycles. The van der Waals surface area contributed by atoms with E-state index in [0.29, 0.717) is 17.9 Å². The lowest BCUT2D eigenvalue weighted by molar-refractivity contribution is 0.281. The van der Waals surface area contributed by atoms with Gasteiger partial charge in [0.15, 0.2) is 0 Å². The van der Waals surface area contributed by atoms with Crippen molar-refractivity contribution in [3.05, 3.63) is 121 Å². The number of anilines is 2. The number of H-pyrrole nitrogens is 1. The highest BCUT2D eigenvalue weighted by Crippen LogP contribution is 2.39. The number of sulfonamides is 1. The van der Waals surface area contributed by atoms with Crippen LogP contribution in [0.1, 0.15) is 117 Å². The van der Waals surface area contributed by atoms with Crippen LogP contribution < -0.4 is 25.5 Å². The second-order valence-electron chi connectivity index (χ2n) is 17.0. The third-order valence-corrected chi connectivity index (χ3v) is 11.9. The molecule has 5 rings (SSSR count). The third-order valence-electron chi connectivity index (χ3n) is 10.5. The van der Waals surface area contributed by atoms with E-state index >= 15 is 0 Å². The molecule has 0 aliphatic heterocycles. The normalized spacial score (nSPS) is 11.8. The Balaban J connectivity index is 1.42. The fourth-order valence-electron chi connectivity index (χ4n) is 7.72. The molecule has 0 bridgehead atoms. The number of ether oxygens (including phenoxy) is 1. The maximum absolute atomic E-state index is 14.3. The lowest BCUT2D eigenvalue weighted by Crippen LogP contribution is -2.25. The summed E-state index contributed by atoms with van der Waals surface area (Å²) in [5.74, 6) is 0.225. The van der Waals surface area contributed by atoms with Gasteiger partial charge in [-0.05, 0) is 104 Å². The van der Waals surface area contributed by atoms with Crippen LogP contribution in [0.3, 0.4) is 0 Å². The van der Waals surface area contributed by atoms with Gasteiger partial charge in [-0.2, -0.15) is 4.68 Å². The molecule has 60 heavy (non-hydrogen) atoms. The highest BCUT2D eigenvalue weighted by atomic mass is 32.2. The van der Waals surface area contributed by atoms with E-state index in [9.17, 15) is 18.0 Å². The molecule has 3 aromatic carbocycles. The summed E-state index contributed by atoms with van der Waals surface area (Å²) >= 11 is 0. The quantitative estimate of drug-likeness (QED) is 0.0366. The number of aromatic nitrogens is 2. The van der Waals surface area contributed by atoms with Gasteiger partial charge in [0.05, 0.1) is 29.1 Å². The van der Waals surface area contributed by atoms with E-state index in [-0.39, 0.29) is 44.1 Å². The number of rotatable bonds is 19. The average molecular weight is 834 g/mol. The summed E-state index contributed by atoms with van der Waals surface area (Å²) in [5, 5.41) is 3.56. The maximum Gasteiger partial charge on any atom is 0.344 e. The van der Waals surface area contributed by atoms with Crippen LogP contribution in [0, 0.1) is 12.0 Å². The molecule has 2 N–H and O–H groups in total. The van der Waals surface area contributed by atoms with Gasteiger partial charge in [0.2, 0.25) is 0 Å². The van der Waals surface area contributed by atoms with Gasteiger partial charge in [0, 0.05) is 30.2 Å². The van der Waals surface area contributed by atoms with Crippen LogP contribution in [-0.2, 0) is 15.4 Å². The molecule has 0 spiro atoms. The molecule has 2 aromatic heterocycles. The molecule has 0 saturated carbocycles. The van der Waals surface area contributed by atoms with Crippen LogP contribution in [0.2, 0.25) is 0 Å². The molecule has 0 radical (unpaired) electrons. The third kappa shape index (κ3) is 11.3. The zero-order valence-corrected chi connectivity index (χ0v) is 37.1. The van der Waals surface area contributed by atoms with Crippen molar-refractivity contribution in [3.63, 3.8) is 0 Å². The Morgan fingerprint density at radius 2 is 1.65 bits per heavy atom. The summed E-state index contributed by atoms with van der Waals surface area (Å²) in [6.45, 7) is 26.8. The van der Waals surface area contributed by atoms with Gasteiger partial charge in [0.1, 0.15) is 16.2 Å². The number of aromatic amines is 1. The predicted octanol–water partition coefficient (Wildman–Crippen LogP) is 11.2. The minimum Gasteiger partial charge on any atom is -0.492 e. The molecule has 0 atom stereocenters. The second-order valence-corrected chi connectivity index (χ2v) is 18.7. The molecule has 0 amide bonds. The first-order valence-corrected chi connectivity index (χ1v) is 22.4. The van der Waals surface area contributed by atoms with Gasteiger partial charge in [-0.1, -0.05) is 92.4 Å². The zero-order chi connectivity index (χ0) is 43.7.